The molecule has 1 N–H and O–H groups in total. The lowest BCUT2D eigenvalue weighted by molar-refractivity contribution is 0.475. The highest BCUT2D eigenvalue weighted by atomic mass is 16.3. The van der Waals surface area contributed by atoms with Crippen LogP contribution in [0.1, 0.15) is 19.4 Å². The van der Waals surface area contributed by atoms with E-state index in [0.29, 0.717) is 5.75 Å². The number of benzene rings is 1. The maximum Gasteiger partial charge on any atom is 0.115 e. The number of phenolic OH excluding ortho intramolecular Hbond substituents is 1. The summed E-state index contributed by atoms with van der Waals surface area (Å²) in [5.74, 6) is 0.330. The van der Waals surface area contributed by atoms with Gasteiger partial charge in [-0.3, -0.25) is 0 Å². The average Bonchev–Trinajstić information content (AvgIpc) is 2.03. The predicted octanol–water partition coefficient (Wildman–Crippen LogP) is 2.90. The molecule has 0 aliphatic rings. The van der Waals surface area contributed by atoms with Crippen LogP contribution in [0.2, 0.25) is 0 Å². The molecule has 0 unspecified atom stereocenters. The first-order valence-corrected chi connectivity index (χ1v) is 4.10. The van der Waals surface area contributed by atoms with Crippen LogP contribution in [0, 0.1) is 0 Å². The Morgan fingerprint density at radius 2 is 1.83 bits per heavy atom. The van der Waals surface area contributed by atoms with E-state index in [-0.39, 0.29) is 0 Å². The minimum absolute atomic E-state index is 0.330. The zero-order chi connectivity index (χ0) is 8.97. The van der Waals surface area contributed by atoms with Gasteiger partial charge in [0.1, 0.15) is 5.75 Å². The van der Waals surface area contributed by atoms with Gasteiger partial charge in [0.25, 0.3) is 0 Å². The van der Waals surface area contributed by atoms with Crippen molar-refractivity contribution in [3.63, 3.8) is 0 Å². The van der Waals surface area contributed by atoms with Crippen LogP contribution in [0.15, 0.2) is 35.9 Å². The molecule has 0 atom stereocenters. The number of rotatable bonds is 2. The molecule has 1 nitrogen and oxygen atoms in total. The van der Waals surface area contributed by atoms with Crippen molar-refractivity contribution in [1.82, 2.24) is 0 Å². The third-order valence-corrected chi connectivity index (χ3v) is 1.68. The summed E-state index contributed by atoms with van der Waals surface area (Å²) in [4.78, 5) is 0. The van der Waals surface area contributed by atoms with Crippen LogP contribution in [0.25, 0.3) is 0 Å². The summed E-state index contributed by atoms with van der Waals surface area (Å²) in [7, 11) is 0. The molecule has 0 bridgehead atoms. The molecular weight excluding hydrogens is 154 g/mol. The van der Waals surface area contributed by atoms with Crippen LogP contribution >= 0.6 is 0 Å². The Balaban J connectivity index is 2.65. The van der Waals surface area contributed by atoms with Gasteiger partial charge in [0.2, 0.25) is 0 Å². The molecule has 0 saturated heterocycles. The summed E-state index contributed by atoms with van der Waals surface area (Å²) in [5.41, 5.74) is 2.55. The molecule has 0 aliphatic heterocycles. The van der Waals surface area contributed by atoms with E-state index in [1.807, 2.05) is 12.1 Å². The Hall–Kier alpha value is -1.24. The lowest BCUT2D eigenvalue weighted by Crippen LogP contribution is -1.80. The quantitative estimate of drug-likeness (QED) is 0.673. The second-order valence-electron chi connectivity index (χ2n) is 3.15. The van der Waals surface area contributed by atoms with Gasteiger partial charge in [-0.1, -0.05) is 23.8 Å². The second kappa shape index (κ2) is 3.96. The van der Waals surface area contributed by atoms with E-state index in [9.17, 15) is 0 Å². The summed E-state index contributed by atoms with van der Waals surface area (Å²) in [6.07, 6.45) is 3.12. The molecule has 0 saturated carbocycles. The van der Waals surface area contributed by atoms with E-state index in [4.69, 9.17) is 5.11 Å². The van der Waals surface area contributed by atoms with Gasteiger partial charge in [-0.25, -0.2) is 0 Å². The molecule has 0 spiro atoms. The largest absolute Gasteiger partial charge is 0.508 e. The van der Waals surface area contributed by atoms with Crippen LogP contribution in [-0.2, 0) is 6.42 Å². The number of allylic oxidation sites excluding steroid dienone is 2. The fourth-order valence-electron chi connectivity index (χ4n) is 0.954. The molecule has 0 fully saturated rings. The van der Waals surface area contributed by atoms with Gasteiger partial charge < -0.3 is 5.11 Å². The van der Waals surface area contributed by atoms with E-state index in [1.165, 1.54) is 11.1 Å². The molecule has 0 heterocycles. The molecule has 0 aliphatic carbocycles. The van der Waals surface area contributed by atoms with Crippen LogP contribution in [0.3, 0.4) is 0 Å². The summed E-state index contributed by atoms with van der Waals surface area (Å²) in [5, 5.41) is 9.02. The van der Waals surface area contributed by atoms with E-state index >= 15 is 0 Å². The lowest BCUT2D eigenvalue weighted by atomic mass is 10.3. The SMILES string of the molecule is CC(C)=CC[13c]1[13cH][13cH][13c](O)[13cH][13cH]1. The van der Waals surface area contributed by atoms with E-state index in [2.05, 4.69) is 19.9 Å². The van der Waals surface area contributed by atoms with Crippen molar-refractivity contribution in [2.45, 2.75) is 20.3 Å². The minimum atomic E-state index is 0.330. The van der Waals surface area contributed by atoms with Gasteiger partial charge in [0, 0.05) is 0 Å². The number of phenols is 1. The van der Waals surface area contributed by atoms with Crippen molar-refractivity contribution in [2.24, 2.45) is 0 Å². The number of aromatic hydroxyl groups is 1. The van der Waals surface area contributed by atoms with Crippen molar-refractivity contribution in [1.29, 1.82) is 0 Å². The molecule has 0 amide bonds. The molecule has 0 radical (unpaired) electrons. The van der Waals surface area contributed by atoms with Crippen LogP contribution < -0.4 is 0 Å². The third kappa shape index (κ3) is 2.79. The molecule has 12 heavy (non-hydrogen) atoms. The van der Waals surface area contributed by atoms with Gasteiger partial charge >= 0.3 is 0 Å². The molecule has 0 aromatic heterocycles. The van der Waals surface area contributed by atoms with E-state index in [1.54, 1.807) is 12.1 Å². The standard InChI is InChI=1S/C11H14O/c1-9(2)3-4-10-5-7-11(12)8-6-10/h3,5-8,12H,4H2,1-2H3/i5+1,6+1,7+1,8+1,10+1,11+1. The average molecular weight is 168 g/mol. The molecule has 64 valence electrons. The Morgan fingerprint density at radius 1 is 1.25 bits per heavy atom. The van der Waals surface area contributed by atoms with Gasteiger partial charge in [-0.05, 0) is 38.0 Å². The smallest absolute Gasteiger partial charge is 0.115 e. The predicted molar refractivity (Wildman–Crippen MR) is 51.2 cm³/mol. The summed E-state index contributed by atoms with van der Waals surface area (Å²) in [6, 6.07) is 7.31. The highest BCUT2D eigenvalue weighted by molar-refractivity contribution is 5.27. The van der Waals surface area contributed by atoms with E-state index in [0.717, 1.165) is 6.42 Å². The van der Waals surface area contributed by atoms with Crippen LogP contribution in [0.5, 0.6) is 5.75 Å². The van der Waals surface area contributed by atoms with Gasteiger partial charge in [0.15, 0.2) is 0 Å². The summed E-state index contributed by atoms with van der Waals surface area (Å²) < 4.78 is 0. The third-order valence-electron chi connectivity index (χ3n) is 1.68. The molecule has 1 rings (SSSR count). The van der Waals surface area contributed by atoms with Crippen molar-refractivity contribution in [3.8, 4) is 5.75 Å². The van der Waals surface area contributed by atoms with Gasteiger partial charge in [-0.15, -0.1) is 0 Å². The molecule has 1 aromatic rings. The second-order valence-corrected chi connectivity index (χ2v) is 3.15. The van der Waals surface area contributed by atoms with E-state index < -0.39 is 0 Å². The number of hydrogen-bond donors (Lipinski definition) is 1. The Labute approximate surface area is 73.4 Å². The fraction of sp³-hybridized carbons (Fsp3) is 0.273. The highest BCUT2D eigenvalue weighted by Crippen LogP contribution is 2.10. The topological polar surface area (TPSA) is 20.2 Å². The van der Waals surface area contributed by atoms with Crippen molar-refractivity contribution < 1.29 is 5.11 Å². The fourth-order valence-corrected chi connectivity index (χ4v) is 0.954. The Morgan fingerprint density at radius 3 is 2.33 bits per heavy atom. The monoisotopic (exact) mass is 168 g/mol. The highest BCUT2D eigenvalue weighted by Gasteiger charge is 1.89. The van der Waals surface area contributed by atoms with Crippen LogP contribution in [0.4, 0.5) is 0 Å². The minimum Gasteiger partial charge on any atom is -0.508 e. The maximum absolute atomic E-state index is 9.02. The first-order chi connectivity index (χ1) is 5.68. The van der Waals surface area contributed by atoms with Crippen molar-refractivity contribution >= 4 is 0 Å². The lowest BCUT2D eigenvalue weighted by Gasteiger charge is -1.96. The zero-order valence-corrected chi connectivity index (χ0v) is 7.54. The van der Waals surface area contributed by atoms with Gasteiger partial charge in [0.05, 0.1) is 0 Å². The Bertz CT molecular complexity index is 266. The molecule has 1 heteroatoms. The maximum atomic E-state index is 9.02. The summed E-state index contributed by atoms with van der Waals surface area (Å²) in [6.45, 7) is 4.17. The Kier molecular flexibility index (Phi) is 2.92. The molecule has 1 aromatic carbocycles. The zero-order valence-electron chi connectivity index (χ0n) is 7.54. The normalized spacial score (nSPS) is 9.50. The summed E-state index contributed by atoms with van der Waals surface area (Å²) >= 11 is 0. The van der Waals surface area contributed by atoms with Crippen molar-refractivity contribution in [2.75, 3.05) is 0 Å². The first kappa shape index (κ1) is 8.85. The number of hydrogen-bond acceptors (Lipinski definition) is 1. The van der Waals surface area contributed by atoms with Gasteiger partial charge in [-0.2, -0.15) is 0 Å². The molecular formula is C11H14O. The van der Waals surface area contributed by atoms with Crippen LogP contribution in [-0.4, -0.2) is 5.11 Å². The van der Waals surface area contributed by atoms with Crippen molar-refractivity contribution in [3.05, 3.63) is 41.5 Å². The first-order valence-electron chi connectivity index (χ1n) is 4.10.